The van der Waals surface area contributed by atoms with Crippen LogP contribution in [0.4, 0.5) is 0 Å². The first-order chi connectivity index (χ1) is 6.82. The summed E-state index contributed by atoms with van der Waals surface area (Å²) in [6, 6.07) is 0. The Kier molecular flexibility index (Phi) is 3.38. The van der Waals surface area contributed by atoms with E-state index in [0.717, 1.165) is 5.82 Å². The summed E-state index contributed by atoms with van der Waals surface area (Å²) >= 11 is 1.19. The summed E-state index contributed by atoms with van der Waals surface area (Å²) in [5, 5.41) is 17.2. The van der Waals surface area contributed by atoms with Crippen molar-refractivity contribution in [3.8, 4) is 0 Å². The Labute approximate surface area is 92.9 Å². The van der Waals surface area contributed by atoms with Gasteiger partial charge in [-0.1, -0.05) is 11.8 Å². The number of rotatable bonds is 3. The second kappa shape index (κ2) is 4.22. The second-order valence-corrected chi connectivity index (χ2v) is 5.16. The van der Waals surface area contributed by atoms with Crippen molar-refractivity contribution in [2.24, 2.45) is 0 Å². The average molecular weight is 229 g/mol. The van der Waals surface area contributed by atoms with E-state index in [1.807, 2.05) is 32.3 Å². The van der Waals surface area contributed by atoms with Crippen LogP contribution in [0.5, 0.6) is 0 Å². The fraction of sp³-hybridized carbons (Fsp3) is 0.667. The third-order valence-corrected chi connectivity index (χ3v) is 2.70. The highest BCUT2D eigenvalue weighted by atomic mass is 32.2. The van der Waals surface area contributed by atoms with Crippen LogP contribution in [0.1, 0.15) is 26.6 Å². The molecule has 0 atom stereocenters. The van der Waals surface area contributed by atoms with E-state index in [4.69, 9.17) is 5.11 Å². The Morgan fingerprint density at radius 3 is 2.53 bits per heavy atom. The number of carboxylic acids is 1. The third kappa shape index (κ3) is 2.95. The van der Waals surface area contributed by atoms with Crippen LogP contribution in [0.2, 0.25) is 0 Å². The van der Waals surface area contributed by atoms with Crippen molar-refractivity contribution < 1.29 is 9.90 Å². The lowest BCUT2D eigenvalue weighted by Gasteiger charge is -2.23. The highest BCUT2D eigenvalue weighted by Gasteiger charge is 2.21. The molecule has 6 heteroatoms. The monoisotopic (exact) mass is 229 g/mol. The molecule has 1 heterocycles. The highest BCUT2D eigenvalue weighted by molar-refractivity contribution is 7.99. The van der Waals surface area contributed by atoms with Crippen LogP contribution < -0.4 is 0 Å². The van der Waals surface area contributed by atoms with E-state index in [2.05, 4.69) is 10.2 Å². The molecule has 0 radical (unpaired) electrons. The Balaban J connectivity index is 2.94. The quantitative estimate of drug-likeness (QED) is 0.796. The van der Waals surface area contributed by atoms with Gasteiger partial charge in [-0.25, -0.2) is 0 Å². The van der Waals surface area contributed by atoms with Gasteiger partial charge in [-0.05, 0) is 27.7 Å². The van der Waals surface area contributed by atoms with Crippen molar-refractivity contribution in [2.45, 2.75) is 38.4 Å². The van der Waals surface area contributed by atoms with Gasteiger partial charge in [0.15, 0.2) is 5.16 Å². The number of hydrogen-bond donors (Lipinski definition) is 1. The van der Waals surface area contributed by atoms with Crippen LogP contribution in [0, 0.1) is 6.92 Å². The van der Waals surface area contributed by atoms with Gasteiger partial charge in [-0.3, -0.25) is 4.79 Å². The molecule has 0 aliphatic rings. The van der Waals surface area contributed by atoms with Gasteiger partial charge in [-0.15, -0.1) is 10.2 Å². The third-order valence-electron chi connectivity index (χ3n) is 1.79. The molecule has 0 spiro atoms. The number of carboxylic acid groups (broad SMARTS) is 1. The zero-order valence-electron chi connectivity index (χ0n) is 9.31. The van der Waals surface area contributed by atoms with Crippen LogP contribution in [0.3, 0.4) is 0 Å². The van der Waals surface area contributed by atoms with Gasteiger partial charge in [0, 0.05) is 5.54 Å². The zero-order valence-corrected chi connectivity index (χ0v) is 10.1. The van der Waals surface area contributed by atoms with E-state index in [0.29, 0.717) is 5.16 Å². The number of carbonyl (C=O) groups is 1. The van der Waals surface area contributed by atoms with Gasteiger partial charge < -0.3 is 9.67 Å². The van der Waals surface area contributed by atoms with Crippen LogP contribution >= 0.6 is 11.8 Å². The maximum absolute atomic E-state index is 10.5. The molecule has 84 valence electrons. The fourth-order valence-corrected chi connectivity index (χ4v) is 2.22. The van der Waals surface area contributed by atoms with Crippen LogP contribution in [-0.2, 0) is 10.3 Å². The lowest BCUT2D eigenvalue weighted by Crippen LogP contribution is -2.24. The predicted octanol–water partition coefficient (Wildman–Crippen LogP) is 1.52. The summed E-state index contributed by atoms with van der Waals surface area (Å²) in [5.41, 5.74) is -0.131. The Morgan fingerprint density at radius 2 is 2.07 bits per heavy atom. The normalized spacial score (nSPS) is 11.7. The van der Waals surface area contributed by atoms with E-state index in [1.54, 1.807) is 0 Å². The molecule has 0 fully saturated rings. The first-order valence-corrected chi connectivity index (χ1v) is 5.58. The average Bonchev–Trinajstić information content (AvgIpc) is 2.42. The minimum atomic E-state index is -0.846. The molecule has 0 aliphatic carbocycles. The Morgan fingerprint density at radius 1 is 1.47 bits per heavy atom. The van der Waals surface area contributed by atoms with Crippen LogP contribution in [0.15, 0.2) is 5.16 Å². The molecule has 0 saturated heterocycles. The standard InChI is InChI=1S/C9H15N3O2S/c1-6-10-11-8(15-5-7(13)14)12(6)9(2,3)4/h5H2,1-4H3,(H,13,14). The molecule has 0 aromatic carbocycles. The highest BCUT2D eigenvalue weighted by Crippen LogP contribution is 2.24. The molecule has 0 amide bonds. The van der Waals surface area contributed by atoms with Crippen molar-refractivity contribution in [1.29, 1.82) is 0 Å². The summed E-state index contributed by atoms with van der Waals surface area (Å²) in [6.07, 6.45) is 0. The molecule has 1 N–H and O–H groups in total. The van der Waals surface area contributed by atoms with Gasteiger partial charge in [0.05, 0.1) is 5.75 Å². The number of hydrogen-bond acceptors (Lipinski definition) is 4. The summed E-state index contributed by atoms with van der Waals surface area (Å²) in [6.45, 7) is 7.97. The van der Waals surface area contributed by atoms with Crippen molar-refractivity contribution >= 4 is 17.7 Å². The van der Waals surface area contributed by atoms with E-state index >= 15 is 0 Å². The predicted molar refractivity (Wildman–Crippen MR) is 58.1 cm³/mol. The number of thioether (sulfide) groups is 1. The minimum Gasteiger partial charge on any atom is -0.481 e. The number of aliphatic carboxylic acids is 1. The van der Waals surface area contributed by atoms with Gasteiger partial charge >= 0.3 is 5.97 Å². The number of aromatic nitrogens is 3. The van der Waals surface area contributed by atoms with Crippen LogP contribution in [-0.4, -0.2) is 31.6 Å². The summed E-state index contributed by atoms with van der Waals surface area (Å²) in [4.78, 5) is 10.5. The molecule has 15 heavy (non-hydrogen) atoms. The number of nitrogens with zero attached hydrogens (tertiary/aromatic N) is 3. The molecule has 0 saturated carbocycles. The SMILES string of the molecule is Cc1nnc(SCC(=O)O)n1C(C)(C)C. The lowest BCUT2D eigenvalue weighted by atomic mass is 10.1. The van der Waals surface area contributed by atoms with Crippen LogP contribution in [0.25, 0.3) is 0 Å². The minimum absolute atomic E-state index is 0.00815. The molecule has 0 unspecified atom stereocenters. The first-order valence-electron chi connectivity index (χ1n) is 4.59. The van der Waals surface area contributed by atoms with Gasteiger partial charge in [-0.2, -0.15) is 0 Å². The maximum Gasteiger partial charge on any atom is 0.313 e. The molecule has 0 aliphatic heterocycles. The Hall–Kier alpha value is -1.04. The van der Waals surface area contributed by atoms with Crippen molar-refractivity contribution in [3.63, 3.8) is 0 Å². The lowest BCUT2D eigenvalue weighted by molar-refractivity contribution is -0.133. The molecule has 1 aromatic rings. The van der Waals surface area contributed by atoms with Crippen molar-refractivity contribution in [3.05, 3.63) is 5.82 Å². The van der Waals surface area contributed by atoms with E-state index in [-0.39, 0.29) is 11.3 Å². The maximum atomic E-state index is 10.5. The fourth-order valence-electron chi connectivity index (χ4n) is 1.34. The number of aryl methyl sites for hydroxylation is 1. The van der Waals surface area contributed by atoms with Crippen molar-refractivity contribution in [1.82, 2.24) is 14.8 Å². The summed E-state index contributed by atoms with van der Waals surface area (Å²) in [7, 11) is 0. The second-order valence-electron chi connectivity index (χ2n) is 4.22. The molecule has 1 rings (SSSR count). The summed E-state index contributed by atoms with van der Waals surface area (Å²) < 4.78 is 1.95. The van der Waals surface area contributed by atoms with Crippen molar-refractivity contribution in [2.75, 3.05) is 5.75 Å². The van der Waals surface area contributed by atoms with E-state index < -0.39 is 5.97 Å². The van der Waals surface area contributed by atoms with E-state index in [1.165, 1.54) is 11.8 Å². The zero-order chi connectivity index (χ0) is 11.6. The molecule has 1 aromatic heterocycles. The smallest absolute Gasteiger partial charge is 0.313 e. The van der Waals surface area contributed by atoms with Gasteiger partial charge in [0.25, 0.3) is 0 Å². The molecular formula is C9H15N3O2S. The largest absolute Gasteiger partial charge is 0.481 e. The Bertz CT molecular complexity index is 368. The summed E-state index contributed by atoms with van der Waals surface area (Å²) in [5.74, 6) is -0.0368. The topological polar surface area (TPSA) is 68.0 Å². The molecule has 5 nitrogen and oxygen atoms in total. The van der Waals surface area contributed by atoms with Gasteiger partial charge in [0.2, 0.25) is 0 Å². The first kappa shape index (κ1) is 12.0. The molecule has 0 bridgehead atoms. The molecular weight excluding hydrogens is 214 g/mol. The van der Waals surface area contributed by atoms with E-state index in [9.17, 15) is 4.79 Å². The van der Waals surface area contributed by atoms with Gasteiger partial charge in [0.1, 0.15) is 5.82 Å².